The quantitative estimate of drug-likeness (QED) is 0.722. The van der Waals surface area contributed by atoms with Gasteiger partial charge in [0.15, 0.2) is 11.5 Å². The minimum Gasteiger partial charge on any atom is -0.503 e. The third-order valence-electron chi connectivity index (χ3n) is 4.65. The maximum absolute atomic E-state index is 12.8. The lowest BCUT2D eigenvalue weighted by atomic mass is 9.96. The molecule has 1 unspecified atom stereocenters. The number of ketones is 1. The zero-order valence-electron chi connectivity index (χ0n) is 16.3. The summed E-state index contributed by atoms with van der Waals surface area (Å²) in [5.74, 6) is -1.99. The van der Waals surface area contributed by atoms with Crippen LogP contribution in [0.1, 0.15) is 48.7 Å². The summed E-state index contributed by atoms with van der Waals surface area (Å²) in [4.78, 5) is 42.8. The van der Waals surface area contributed by atoms with Gasteiger partial charge in [0.25, 0.3) is 5.91 Å². The molecule has 1 aliphatic rings. The Morgan fingerprint density at radius 1 is 1.17 bits per heavy atom. The second-order valence-electron chi connectivity index (χ2n) is 6.59. The number of esters is 1. The van der Waals surface area contributed by atoms with E-state index < -0.39 is 23.7 Å². The molecule has 3 rings (SSSR count). The van der Waals surface area contributed by atoms with E-state index in [2.05, 4.69) is 4.98 Å². The van der Waals surface area contributed by atoms with Gasteiger partial charge in [0.2, 0.25) is 0 Å². The van der Waals surface area contributed by atoms with Crippen LogP contribution in [0.3, 0.4) is 0 Å². The summed E-state index contributed by atoms with van der Waals surface area (Å²) in [7, 11) is 0. The maximum Gasteiger partial charge on any atom is 0.338 e. The number of rotatable bonds is 7. The number of Topliss-reactive ketones (excluding diaryl/α,β-unsaturated/α-hetero) is 1. The van der Waals surface area contributed by atoms with E-state index in [9.17, 15) is 19.5 Å². The maximum atomic E-state index is 12.8. The van der Waals surface area contributed by atoms with Crippen molar-refractivity contribution in [2.45, 2.75) is 32.7 Å². The number of carbonyl (C=O) groups is 3. The molecule has 2 heterocycles. The van der Waals surface area contributed by atoms with Gasteiger partial charge in [-0.05, 0) is 42.3 Å². The summed E-state index contributed by atoms with van der Waals surface area (Å²) in [5.41, 5.74) is 1.46. The molecule has 1 aliphatic heterocycles. The molecule has 1 aromatic carbocycles. The Kier molecular flexibility index (Phi) is 6.07. The fraction of sp³-hybridized carbons (Fsp3) is 0.273. The molecule has 7 nitrogen and oxygen atoms in total. The average Bonchev–Trinajstić information content (AvgIpc) is 3.03. The molecule has 1 amide bonds. The first-order valence-electron chi connectivity index (χ1n) is 9.46. The summed E-state index contributed by atoms with van der Waals surface area (Å²) in [6, 6.07) is 8.95. The summed E-state index contributed by atoms with van der Waals surface area (Å²) < 4.78 is 5.11. The number of pyridine rings is 1. The van der Waals surface area contributed by atoms with Gasteiger partial charge in [-0.2, -0.15) is 0 Å². The molecular formula is C22H22N2O5. The van der Waals surface area contributed by atoms with Gasteiger partial charge in [-0.1, -0.05) is 19.9 Å². The fourth-order valence-electron chi connectivity index (χ4n) is 3.24. The molecule has 0 spiro atoms. The monoisotopic (exact) mass is 394 g/mol. The van der Waals surface area contributed by atoms with E-state index in [1.54, 1.807) is 55.7 Å². The zero-order chi connectivity index (χ0) is 21.0. The third kappa shape index (κ3) is 3.89. The van der Waals surface area contributed by atoms with E-state index in [4.69, 9.17) is 4.74 Å². The fourth-order valence-corrected chi connectivity index (χ4v) is 3.24. The standard InChI is InChI=1S/C22H22N2O5/c1-3-12-29-22(28)14-7-9-16(10-8-14)24-19(15-6-5-11-23-13-15)18(17(25)4-2)20(26)21(24)27/h5-11,13,19,26H,3-4,12H2,1-2H3. The molecule has 0 fully saturated rings. The molecular weight excluding hydrogens is 372 g/mol. The van der Waals surface area contributed by atoms with Gasteiger partial charge in [0.1, 0.15) is 0 Å². The first-order chi connectivity index (χ1) is 14.0. The summed E-state index contributed by atoms with van der Waals surface area (Å²) in [5, 5.41) is 10.4. The highest BCUT2D eigenvalue weighted by Crippen LogP contribution is 2.41. The largest absolute Gasteiger partial charge is 0.503 e. The lowest BCUT2D eigenvalue weighted by molar-refractivity contribution is -0.118. The minimum atomic E-state index is -0.790. The van der Waals surface area contributed by atoms with Crippen LogP contribution in [-0.2, 0) is 14.3 Å². The van der Waals surface area contributed by atoms with Gasteiger partial charge < -0.3 is 9.84 Å². The molecule has 0 saturated heterocycles. The third-order valence-corrected chi connectivity index (χ3v) is 4.65. The van der Waals surface area contributed by atoms with Gasteiger partial charge in [-0.15, -0.1) is 0 Å². The van der Waals surface area contributed by atoms with Crippen molar-refractivity contribution in [3.63, 3.8) is 0 Å². The number of carbonyl (C=O) groups excluding carboxylic acids is 3. The Labute approximate surface area is 168 Å². The lowest BCUT2D eigenvalue weighted by Crippen LogP contribution is -2.31. The number of hydrogen-bond acceptors (Lipinski definition) is 6. The number of nitrogens with zero attached hydrogens (tertiary/aromatic N) is 2. The molecule has 0 saturated carbocycles. The van der Waals surface area contributed by atoms with Gasteiger partial charge in [0, 0.05) is 24.5 Å². The second-order valence-corrected chi connectivity index (χ2v) is 6.59. The molecule has 0 radical (unpaired) electrons. The van der Waals surface area contributed by atoms with Crippen molar-refractivity contribution in [3.8, 4) is 0 Å². The van der Waals surface area contributed by atoms with Crippen molar-refractivity contribution >= 4 is 23.3 Å². The Bertz CT molecular complexity index is 951. The van der Waals surface area contributed by atoms with Crippen LogP contribution in [0, 0.1) is 0 Å². The molecule has 29 heavy (non-hydrogen) atoms. The minimum absolute atomic E-state index is 0.0527. The van der Waals surface area contributed by atoms with Crippen molar-refractivity contribution < 1.29 is 24.2 Å². The highest BCUT2D eigenvalue weighted by Gasteiger charge is 2.43. The Balaban J connectivity index is 2.00. The Morgan fingerprint density at radius 3 is 2.48 bits per heavy atom. The number of benzene rings is 1. The van der Waals surface area contributed by atoms with Crippen molar-refractivity contribution in [3.05, 3.63) is 71.3 Å². The van der Waals surface area contributed by atoms with Crippen LogP contribution in [0.15, 0.2) is 60.1 Å². The van der Waals surface area contributed by atoms with Crippen LogP contribution in [0.5, 0.6) is 0 Å². The highest BCUT2D eigenvalue weighted by molar-refractivity contribution is 6.16. The van der Waals surface area contributed by atoms with Crippen LogP contribution in [0.4, 0.5) is 5.69 Å². The van der Waals surface area contributed by atoms with E-state index in [1.807, 2.05) is 6.92 Å². The van der Waals surface area contributed by atoms with Crippen LogP contribution in [-0.4, -0.2) is 34.4 Å². The number of ether oxygens (including phenoxy) is 1. The number of amides is 1. The SMILES string of the molecule is CCCOC(=O)c1ccc(N2C(=O)C(O)=C(C(=O)CC)C2c2cccnc2)cc1. The van der Waals surface area contributed by atoms with Gasteiger partial charge in [-0.3, -0.25) is 19.5 Å². The van der Waals surface area contributed by atoms with Crippen molar-refractivity contribution in [1.29, 1.82) is 0 Å². The summed E-state index contributed by atoms with van der Waals surface area (Å²) in [6.45, 7) is 3.91. The van der Waals surface area contributed by atoms with Gasteiger partial charge >= 0.3 is 5.97 Å². The molecule has 1 atom stereocenters. The van der Waals surface area contributed by atoms with Crippen LogP contribution < -0.4 is 4.90 Å². The Hall–Kier alpha value is -3.48. The Morgan fingerprint density at radius 2 is 1.90 bits per heavy atom. The van der Waals surface area contributed by atoms with Crippen molar-refractivity contribution in [2.24, 2.45) is 0 Å². The lowest BCUT2D eigenvalue weighted by Gasteiger charge is -2.26. The van der Waals surface area contributed by atoms with Crippen LogP contribution in [0.25, 0.3) is 0 Å². The molecule has 0 aliphatic carbocycles. The topological polar surface area (TPSA) is 96.8 Å². The first kappa shape index (κ1) is 20.3. The van der Waals surface area contributed by atoms with Crippen molar-refractivity contribution in [2.75, 3.05) is 11.5 Å². The van der Waals surface area contributed by atoms with E-state index in [-0.39, 0.29) is 17.8 Å². The molecule has 1 N–H and O–H groups in total. The zero-order valence-corrected chi connectivity index (χ0v) is 16.3. The number of aliphatic hydroxyl groups excluding tert-OH is 1. The average molecular weight is 394 g/mol. The molecule has 2 aromatic rings. The second kappa shape index (κ2) is 8.68. The number of aliphatic hydroxyl groups is 1. The van der Waals surface area contributed by atoms with Crippen LogP contribution >= 0.6 is 0 Å². The normalized spacial score (nSPS) is 16.3. The summed E-state index contributed by atoms with van der Waals surface area (Å²) in [6.07, 6.45) is 4.02. The van der Waals surface area contributed by atoms with Gasteiger partial charge in [-0.25, -0.2) is 4.79 Å². The number of anilines is 1. The molecule has 1 aromatic heterocycles. The van der Waals surface area contributed by atoms with E-state index in [1.165, 1.54) is 4.90 Å². The van der Waals surface area contributed by atoms with Gasteiger partial charge in [0.05, 0.1) is 23.8 Å². The van der Waals surface area contributed by atoms with Crippen molar-refractivity contribution in [1.82, 2.24) is 4.98 Å². The van der Waals surface area contributed by atoms with E-state index in [0.717, 1.165) is 6.42 Å². The molecule has 0 bridgehead atoms. The van der Waals surface area contributed by atoms with E-state index in [0.29, 0.717) is 23.4 Å². The molecule has 150 valence electrons. The number of hydrogen-bond donors (Lipinski definition) is 1. The number of aromatic nitrogens is 1. The predicted molar refractivity (Wildman–Crippen MR) is 106 cm³/mol. The van der Waals surface area contributed by atoms with E-state index >= 15 is 0 Å². The predicted octanol–water partition coefficient (Wildman–Crippen LogP) is 3.53. The summed E-state index contributed by atoms with van der Waals surface area (Å²) >= 11 is 0. The van der Waals surface area contributed by atoms with Crippen LogP contribution in [0.2, 0.25) is 0 Å². The molecule has 7 heteroatoms. The smallest absolute Gasteiger partial charge is 0.338 e. The highest BCUT2D eigenvalue weighted by atomic mass is 16.5. The first-order valence-corrected chi connectivity index (χ1v) is 9.46.